The lowest BCUT2D eigenvalue weighted by Crippen LogP contribution is -2.30. The van der Waals surface area contributed by atoms with E-state index in [0.29, 0.717) is 0 Å². The summed E-state index contributed by atoms with van der Waals surface area (Å²) in [7, 11) is 0. The van der Waals surface area contributed by atoms with Crippen molar-refractivity contribution in [1.29, 1.82) is 0 Å². The molecule has 292 valence electrons. The number of amidine groups is 1. The van der Waals surface area contributed by atoms with Crippen molar-refractivity contribution in [2.45, 2.75) is 0 Å². The maximum absolute atomic E-state index is 5.57. The van der Waals surface area contributed by atoms with Crippen molar-refractivity contribution >= 4 is 72.2 Å². The van der Waals surface area contributed by atoms with Gasteiger partial charge in [0.25, 0.3) is 0 Å². The first-order valence-electron chi connectivity index (χ1n) is 21.0. The highest BCUT2D eigenvalue weighted by atomic mass is 15.5. The summed E-state index contributed by atoms with van der Waals surface area (Å²) in [6.07, 6.45) is 0. The molecule has 9 aromatic carbocycles. The lowest BCUT2D eigenvalue weighted by atomic mass is 9.97. The highest BCUT2D eigenvalue weighted by Gasteiger charge is 2.32. The number of para-hydroxylation sites is 5. The van der Waals surface area contributed by atoms with Gasteiger partial charge in [-0.3, -0.25) is 4.90 Å². The number of aromatic nitrogens is 2. The lowest BCUT2D eigenvalue weighted by Gasteiger charge is -2.27. The second-order valence-corrected chi connectivity index (χ2v) is 15.7. The third-order valence-corrected chi connectivity index (χ3v) is 12.2. The van der Waals surface area contributed by atoms with Crippen LogP contribution in [0.1, 0.15) is 11.1 Å². The van der Waals surface area contributed by atoms with Gasteiger partial charge in [-0.2, -0.15) is 0 Å². The van der Waals surface area contributed by atoms with Crippen LogP contribution in [0.2, 0.25) is 0 Å². The first-order chi connectivity index (χ1) is 30.7. The summed E-state index contributed by atoms with van der Waals surface area (Å²) in [6.45, 7) is 4.99. The predicted octanol–water partition coefficient (Wildman–Crippen LogP) is 14.5. The van der Waals surface area contributed by atoms with Crippen LogP contribution in [0.15, 0.2) is 236 Å². The molecule has 62 heavy (non-hydrogen) atoms. The van der Waals surface area contributed by atoms with Crippen molar-refractivity contribution < 1.29 is 0 Å². The van der Waals surface area contributed by atoms with Crippen molar-refractivity contribution in [3.63, 3.8) is 0 Å². The summed E-state index contributed by atoms with van der Waals surface area (Å²) in [4.78, 5) is 2.22. The van der Waals surface area contributed by atoms with Gasteiger partial charge in [-0.15, -0.1) is 5.10 Å². The molecule has 0 fully saturated rings. The van der Waals surface area contributed by atoms with E-state index in [2.05, 4.69) is 231 Å². The SMILES string of the molecule is C=C1c2c(ccc3c2c2cc(-c4ccc5c(c4)c4ccccc4n5-c4ccccc4)ccc2n3-c2ccccc2)N(c2ccccc2)N=C(c2ccccc2)N1c1ccccc1. The van der Waals surface area contributed by atoms with Crippen molar-refractivity contribution in [3.8, 4) is 22.5 Å². The minimum Gasteiger partial charge on any atom is -0.309 e. The molecule has 0 unspecified atom stereocenters. The molecule has 0 saturated heterocycles. The summed E-state index contributed by atoms with van der Waals surface area (Å²) in [5.74, 6) is 0.783. The number of rotatable bonds is 6. The van der Waals surface area contributed by atoms with Crippen LogP contribution in [0, 0.1) is 0 Å². The topological polar surface area (TPSA) is 28.7 Å². The average Bonchev–Trinajstić information content (AvgIpc) is 3.81. The molecular weight excluding hydrogens is 755 g/mol. The number of hydrazone groups is 1. The Morgan fingerprint density at radius 3 is 1.45 bits per heavy atom. The lowest BCUT2D eigenvalue weighted by molar-refractivity contribution is 1.08. The van der Waals surface area contributed by atoms with Gasteiger partial charge in [0.15, 0.2) is 5.84 Å². The fraction of sp³-hybridized carbons (Fsp3) is 0. The molecule has 11 aromatic rings. The molecule has 5 heteroatoms. The summed E-state index contributed by atoms with van der Waals surface area (Å²) in [6, 6.07) is 79.7. The van der Waals surface area contributed by atoms with Crippen LogP contribution in [0.5, 0.6) is 0 Å². The molecule has 0 atom stereocenters. The van der Waals surface area contributed by atoms with Gasteiger partial charge in [0.05, 0.1) is 39.1 Å². The Morgan fingerprint density at radius 1 is 0.355 bits per heavy atom. The van der Waals surface area contributed by atoms with Crippen molar-refractivity contribution in [3.05, 3.63) is 242 Å². The van der Waals surface area contributed by atoms with E-state index < -0.39 is 0 Å². The zero-order valence-electron chi connectivity index (χ0n) is 33.8. The van der Waals surface area contributed by atoms with E-state index >= 15 is 0 Å². The van der Waals surface area contributed by atoms with E-state index in [0.717, 1.165) is 84.0 Å². The summed E-state index contributed by atoms with van der Waals surface area (Å²) >= 11 is 0. The van der Waals surface area contributed by atoms with Gasteiger partial charge in [-0.25, -0.2) is 5.01 Å². The van der Waals surface area contributed by atoms with E-state index in [-0.39, 0.29) is 0 Å². The third kappa shape index (κ3) is 5.60. The minimum absolute atomic E-state index is 0.783. The largest absolute Gasteiger partial charge is 0.309 e. The number of fused-ring (bicyclic) bond motifs is 8. The second-order valence-electron chi connectivity index (χ2n) is 15.7. The molecule has 0 N–H and O–H groups in total. The van der Waals surface area contributed by atoms with Crippen LogP contribution in [-0.2, 0) is 0 Å². The van der Waals surface area contributed by atoms with E-state index in [1.807, 2.05) is 12.1 Å². The number of benzene rings is 9. The number of nitrogens with zero attached hydrogens (tertiary/aromatic N) is 5. The van der Waals surface area contributed by atoms with Gasteiger partial charge in [0, 0.05) is 49.7 Å². The van der Waals surface area contributed by atoms with E-state index in [1.54, 1.807) is 0 Å². The molecule has 2 aromatic heterocycles. The van der Waals surface area contributed by atoms with Crippen molar-refractivity contribution in [2.75, 3.05) is 9.91 Å². The summed E-state index contributed by atoms with van der Waals surface area (Å²) < 4.78 is 4.76. The van der Waals surface area contributed by atoms with Gasteiger partial charge in [-0.1, -0.05) is 140 Å². The summed E-state index contributed by atoms with van der Waals surface area (Å²) in [5.41, 5.74) is 14.8. The fourth-order valence-electron chi connectivity index (χ4n) is 9.44. The Bertz CT molecular complexity index is 3520. The maximum Gasteiger partial charge on any atom is 0.165 e. The van der Waals surface area contributed by atoms with Gasteiger partial charge < -0.3 is 9.13 Å². The smallest absolute Gasteiger partial charge is 0.165 e. The molecule has 1 aliphatic heterocycles. The van der Waals surface area contributed by atoms with E-state index in [9.17, 15) is 0 Å². The van der Waals surface area contributed by atoms with Crippen molar-refractivity contribution in [1.82, 2.24) is 9.13 Å². The Morgan fingerprint density at radius 2 is 0.823 bits per heavy atom. The maximum atomic E-state index is 5.57. The Labute approximate surface area is 359 Å². The Kier molecular flexibility index (Phi) is 8.25. The molecule has 1 aliphatic rings. The average molecular weight is 794 g/mol. The molecule has 0 bridgehead atoms. The molecule has 0 aliphatic carbocycles. The monoisotopic (exact) mass is 793 g/mol. The molecule has 0 radical (unpaired) electrons. The predicted molar refractivity (Wildman–Crippen MR) is 260 cm³/mol. The molecular formula is C57H39N5. The highest BCUT2D eigenvalue weighted by molar-refractivity contribution is 6.24. The van der Waals surface area contributed by atoms with Gasteiger partial charge >= 0.3 is 0 Å². The minimum atomic E-state index is 0.783. The first-order valence-corrected chi connectivity index (χ1v) is 21.0. The fourth-order valence-corrected chi connectivity index (χ4v) is 9.44. The number of hydrogen-bond acceptors (Lipinski definition) is 3. The zero-order valence-corrected chi connectivity index (χ0v) is 33.8. The normalized spacial score (nSPS) is 12.9. The van der Waals surface area contributed by atoms with Crippen LogP contribution < -0.4 is 9.91 Å². The van der Waals surface area contributed by atoms with Crippen LogP contribution in [-0.4, -0.2) is 15.0 Å². The van der Waals surface area contributed by atoms with Gasteiger partial charge in [0.2, 0.25) is 0 Å². The Hall–Kier alpha value is -8.41. The first kappa shape index (κ1) is 35.5. The van der Waals surface area contributed by atoms with Crippen LogP contribution in [0.3, 0.4) is 0 Å². The van der Waals surface area contributed by atoms with Gasteiger partial charge in [0.1, 0.15) is 0 Å². The quantitative estimate of drug-likeness (QED) is 0.168. The van der Waals surface area contributed by atoms with Gasteiger partial charge in [-0.05, 0) is 102 Å². The molecule has 0 saturated carbocycles. The molecule has 0 amide bonds. The van der Waals surface area contributed by atoms with Crippen LogP contribution in [0.25, 0.3) is 71.8 Å². The summed E-state index contributed by atoms with van der Waals surface area (Å²) in [5, 5.41) is 12.4. The molecule has 5 nitrogen and oxygen atoms in total. The van der Waals surface area contributed by atoms with Crippen LogP contribution >= 0.6 is 0 Å². The third-order valence-electron chi connectivity index (χ3n) is 12.2. The Balaban J connectivity index is 1.15. The second kappa shape index (κ2) is 14.4. The zero-order chi connectivity index (χ0) is 41.1. The van der Waals surface area contributed by atoms with E-state index in [4.69, 9.17) is 11.7 Å². The molecule has 3 heterocycles. The highest BCUT2D eigenvalue weighted by Crippen LogP contribution is 2.47. The standard InChI is InChI=1S/C57H39N5/c1-39-55-54(62(46-27-15-6-16-28-46)58-57(40-19-7-2-8-20-40)59(39)43-21-9-3-10-22-43)36-35-53-56(55)49-38-42(32-34-52(49)61(53)45-25-13-5-14-26-45)41-31-33-51-48(37-41)47-29-17-18-30-50(47)60(51)44-23-11-4-12-24-44/h2-38H,1H2. The number of hydrogen-bond donors (Lipinski definition) is 0. The van der Waals surface area contributed by atoms with Crippen molar-refractivity contribution in [2.24, 2.45) is 5.10 Å². The van der Waals surface area contributed by atoms with E-state index in [1.165, 1.54) is 21.8 Å². The van der Waals surface area contributed by atoms with Crippen LogP contribution in [0.4, 0.5) is 17.1 Å². The molecule has 12 rings (SSSR count). The molecule has 0 spiro atoms. The number of anilines is 3.